The smallest absolute Gasteiger partial charge is 0.257 e. The fourth-order valence-electron chi connectivity index (χ4n) is 3.46. The summed E-state index contributed by atoms with van der Waals surface area (Å²) < 4.78 is 11.7. The number of carbonyl (C=O) groups is 1. The molecule has 0 saturated heterocycles. The number of nitrogens with zero attached hydrogens (tertiary/aromatic N) is 2. The molecule has 1 aliphatic heterocycles. The Morgan fingerprint density at radius 3 is 2.63 bits per heavy atom. The predicted molar refractivity (Wildman–Crippen MR) is 115 cm³/mol. The van der Waals surface area contributed by atoms with E-state index in [0.29, 0.717) is 24.5 Å². The molecule has 1 amide bonds. The first-order valence-corrected chi connectivity index (χ1v) is 10.1. The third-order valence-electron chi connectivity index (χ3n) is 4.89. The number of benzene rings is 2. The quantitative estimate of drug-likeness (QED) is 0.653. The molecule has 0 atom stereocenters. The highest BCUT2D eigenvalue weighted by molar-refractivity contribution is 5.77. The summed E-state index contributed by atoms with van der Waals surface area (Å²) in [5, 5.41) is 2.87. The summed E-state index contributed by atoms with van der Waals surface area (Å²) in [4.78, 5) is 21.0. The molecule has 1 aliphatic rings. The van der Waals surface area contributed by atoms with Crippen molar-refractivity contribution in [1.82, 2.24) is 15.3 Å². The number of aromatic nitrogens is 2. The zero-order valence-corrected chi connectivity index (χ0v) is 17.2. The molecule has 0 radical (unpaired) electrons. The number of nitrogens with one attached hydrogen (secondary N) is 1. The predicted octanol–water partition coefficient (Wildman–Crippen LogP) is 3.59. The summed E-state index contributed by atoms with van der Waals surface area (Å²) in [7, 11) is 0. The molecule has 0 spiro atoms. The van der Waals surface area contributed by atoms with Crippen LogP contribution in [0.1, 0.15) is 25.0 Å². The second kappa shape index (κ2) is 8.53. The molecule has 0 bridgehead atoms. The number of amides is 1. The maximum atomic E-state index is 12.2. The molecule has 30 heavy (non-hydrogen) atoms. The van der Waals surface area contributed by atoms with Gasteiger partial charge in [-0.2, -0.15) is 0 Å². The summed E-state index contributed by atoms with van der Waals surface area (Å²) in [6, 6.07) is 15.6. The number of hydrogen-bond acceptors (Lipinski definition) is 5. The standard InChI is InChI=1S/C24H25N3O3/c1-24(2)13-19-9-6-10-20(22(19)30-24)29-16-21(28)25-12-11-17-14-26-23(27-15-17)18-7-4-3-5-8-18/h3-10,14-15H,11-13,16H2,1-2H3,(H,25,28). The largest absolute Gasteiger partial charge is 0.483 e. The van der Waals surface area contributed by atoms with Crippen LogP contribution in [0.3, 0.4) is 0 Å². The van der Waals surface area contributed by atoms with Crippen molar-refractivity contribution < 1.29 is 14.3 Å². The van der Waals surface area contributed by atoms with Gasteiger partial charge >= 0.3 is 0 Å². The van der Waals surface area contributed by atoms with Crippen LogP contribution in [0.5, 0.6) is 11.5 Å². The Bertz CT molecular complexity index is 1020. The van der Waals surface area contributed by atoms with Gasteiger partial charge in [0.1, 0.15) is 5.60 Å². The highest BCUT2D eigenvalue weighted by atomic mass is 16.5. The van der Waals surface area contributed by atoms with E-state index in [1.54, 1.807) is 12.4 Å². The van der Waals surface area contributed by atoms with Crippen molar-refractivity contribution in [3.63, 3.8) is 0 Å². The highest BCUT2D eigenvalue weighted by Crippen LogP contribution is 2.41. The van der Waals surface area contributed by atoms with Crippen LogP contribution in [0.15, 0.2) is 60.9 Å². The summed E-state index contributed by atoms with van der Waals surface area (Å²) in [5.41, 5.74) is 2.81. The van der Waals surface area contributed by atoms with Crippen LogP contribution in [0.4, 0.5) is 0 Å². The van der Waals surface area contributed by atoms with Crippen LogP contribution in [-0.2, 0) is 17.6 Å². The number of rotatable bonds is 7. The van der Waals surface area contributed by atoms with Crippen molar-refractivity contribution in [1.29, 1.82) is 0 Å². The molecular weight excluding hydrogens is 378 g/mol. The molecule has 2 aromatic carbocycles. The second-order valence-electron chi connectivity index (χ2n) is 7.95. The summed E-state index contributed by atoms with van der Waals surface area (Å²) >= 11 is 0. The third-order valence-corrected chi connectivity index (χ3v) is 4.89. The Morgan fingerprint density at radius 2 is 1.87 bits per heavy atom. The molecule has 3 aromatic rings. The molecular formula is C24H25N3O3. The van der Waals surface area contributed by atoms with E-state index in [0.717, 1.165) is 28.9 Å². The normalized spacial score (nSPS) is 13.9. The SMILES string of the molecule is CC1(C)Cc2cccc(OCC(=O)NCCc3cnc(-c4ccccc4)nc3)c2O1. The van der Waals surface area contributed by atoms with Crippen LogP contribution in [0.25, 0.3) is 11.4 Å². The van der Waals surface area contributed by atoms with Gasteiger partial charge in [-0.1, -0.05) is 42.5 Å². The Morgan fingerprint density at radius 1 is 1.10 bits per heavy atom. The van der Waals surface area contributed by atoms with E-state index in [9.17, 15) is 4.79 Å². The highest BCUT2D eigenvalue weighted by Gasteiger charge is 2.32. The monoisotopic (exact) mass is 403 g/mol. The molecule has 0 saturated carbocycles. The molecule has 0 fully saturated rings. The molecule has 1 aromatic heterocycles. The maximum Gasteiger partial charge on any atom is 0.257 e. The lowest BCUT2D eigenvalue weighted by atomic mass is 10.0. The van der Waals surface area contributed by atoms with Crippen molar-refractivity contribution in [2.45, 2.75) is 32.3 Å². The lowest BCUT2D eigenvalue weighted by Gasteiger charge is -2.18. The first kappa shape index (κ1) is 19.9. The van der Waals surface area contributed by atoms with Crippen molar-refractivity contribution in [2.24, 2.45) is 0 Å². The van der Waals surface area contributed by atoms with Gasteiger partial charge in [-0.15, -0.1) is 0 Å². The molecule has 0 unspecified atom stereocenters. The average molecular weight is 403 g/mol. The first-order valence-electron chi connectivity index (χ1n) is 10.1. The number of ether oxygens (including phenoxy) is 2. The van der Waals surface area contributed by atoms with Crippen LogP contribution >= 0.6 is 0 Å². The Balaban J connectivity index is 1.24. The number of carbonyl (C=O) groups excluding carboxylic acids is 1. The van der Waals surface area contributed by atoms with Gasteiger partial charge in [0.2, 0.25) is 0 Å². The summed E-state index contributed by atoms with van der Waals surface area (Å²) in [5.74, 6) is 1.87. The minimum atomic E-state index is -0.248. The second-order valence-corrected chi connectivity index (χ2v) is 7.95. The number of para-hydroxylation sites is 1. The number of fused-ring (bicyclic) bond motifs is 1. The Hall–Kier alpha value is -3.41. The maximum absolute atomic E-state index is 12.2. The van der Waals surface area contributed by atoms with E-state index in [-0.39, 0.29) is 18.1 Å². The van der Waals surface area contributed by atoms with Crippen LogP contribution in [0, 0.1) is 0 Å². The van der Waals surface area contributed by atoms with Gasteiger partial charge in [0.25, 0.3) is 5.91 Å². The van der Waals surface area contributed by atoms with E-state index < -0.39 is 0 Å². The van der Waals surface area contributed by atoms with Crippen LogP contribution in [-0.4, -0.2) is 34.6 Å². The van der Waals surface area contributed by atoms with Gasteiger partial charge in [0.15, 0.2) is 23.9 Å². The lowest BCUT2D eigenvalue weighted by molar-refractivity contribution is -0.123. The van der Waals surface area contributed by atoms with E-state index in [1.807, 2.05) is 62.4 Å². The van der Waals surface area contributed by atoms with E-state index in [2.05, 4.69) is 15.3 Å². The zero-order valence-electron chi connectivity index (χ0n) is 17.2. The summed E-state index contributed by atoms with van der Waals surface area (Å²) in [6.45, 7) is 4.52. The van der Waals surface area contributed by atoms with E-state index in [4.69, 9.17) is 9.47 Å². The molecule has 6 heteroatoms. The molecule has 0 aliphatic carbocycles. The van der Waals surface area contributed by atoms with Gasteiger partial charge in [-0.05, 0) is 31.9 Å². The molecule has 154 valence electrons. The summed E-state index contributed by atoms with van der Waals surface area (Å²) in [6.07, 6.45) is 5.07. The van der Waals surface area contributed by atoms with E-state index >= 15 is 0 Å². The Labute approximate surface area is 176 Å². The third kappa shape index (κ3) is 4.76. The minimum Gasteiger partial charge on any atom is -0.483 e. The fraction of sp³-hybridized carbons (Fsp3) is 0.292. The van der Waals surface area contributed by atoms with Crippen LogP contribution in [0.2, 0.25) is 0 Å². The van der Waals surface area contributed by atoms with Crippen molar-refractivity contribution in [2.75, 3.05) is 13.2 Å². The van der Waals surface area contributed by atoms with Crippen molar-refractivity contribution in [3.05, 3.63) is 72.1 Å². The van der Waals surface area contributed by atoms with Gasteiger partial charge < -0.3 is 14.8 Å². The first-order chi connectivity index (χ1) is 14.5. The van der Waals surface area contributed by atoms with Crippen molar-refractivity contribution in [3.8, 4) is 22.9 Å². The topological polar surface area (TPSA) is 73.3 Å². The van der Waals surface area contributed by atoms with Crippen molar-refractivity contribution >= 4 is 5.91 Å². The molecule has 4 rings (SSSR count). The molecule has 1 N–H and O–H groups in total. The fourth-order valence-corrected chi connectivity index (χ4v) is 3.46. The van der Waals surface area contributed by atoms with Gasteiger partial charge in [-0.3, -0.25) is 4.79 Å². The molecule has 2 heterocycles. The zero-order chi connectivity index (χ0) is 21.0. The van der Waals surface area contributed by atoms with E-state index in [1.165, 1.54) is 0 Å². The van der Waals surface area contributed by atoms with Gasteiger partial charge in [-0.25, -0.2) is 9.97 Å². The number of hydrogen-bond donors (Lipinski definition) is 1. The Kier molecular flexibility index (Phi) is 5.65. The van der Waals surface area contributed by atoms with Crippen LogP contribution < -0.4 is 14.8 Å². The average Bonchev–Trinajstić information content (AvgIpc) is 3.08. The lowest BCUT2D eigenvalue weighted by Crippen LogP contribution is -2.30. The molecule has 6 nitrogen and oxygen atoms in total. The van der Waals surface area contributed by atoms with Gasteiger partial charge in [0.05, 0.1) is 0 Å². The minimum absolute atomic E-state index is 0.0519. The van der Waals surface area contributed by atoms with Gasteiger partial charge in [0, 0.05) is 36.5 Å².